The van der Waals surface area contributed by atoms with Gasteiger partial charge in [-0.3, -0.25) is 0 Å². The first-order chi connectivity index (χ1) is 16.8. The fourth-order valence-corrected chi connectivity index (χ4v) is 12.5. The molecular formula is C32H47NS2. The quantitative estimate of drug-likeness (QED) is 0.377. The third kappa shape index (κ3) is 3.84. The third-order valence-electron chi connectivity index (χ3n) is 12.0. The second kappa shape index (κ2) is 9.26. The third-order valence-corrected chi connectivity index (χ3v) is 13.9. The molecule has 2 heterocycles. The molecular weight excluding hydrogens is 462 g/mol. The summed E-state index contributed by atoms with van der Waals surface area (Å²) < 4.78 is 0. The number of nitrogens with zero attached hydrogens (tertiary/aromatic N) is 1. The van der Waals surface area contributed by atoms with Crippen molar-refractivity contribution >= 4 is 22.7 Å². The van der Waals surface area contributed by atoms with Gasteiger partial charge in [0.1, 0.15) is 5.01 Å². The highest BCUT2D eigenvalue weighted by Crippen LogP contribution is 2.71. The number of fused-ring (bicyclic) bond motifs is 6. The lowest BCUT2D eigenvalue weighted by Gasteiger charge is -2.62. The average molecular weight is 510 g/mol. The zero-order valence-electron chi connectivity index (χ0n) is 22.8. The fourth-order valence-electron chi connectivity index (χ4n) is 10.3. The summed E-state index contributed by atoms with van der Waals surface area (Å²) >= 11 is 3.94. The van der Waals surface area contributed by atoms with Crippen molar-refractivity contribution in [1.29, 1.82) is 0 Å². The minimum Gasteiger partial charge on any atom is -0.249 e. The molecule has 0 N–H and O–H groups in total. The largest absolute Gasteiger partial charge is 0.249 e. The van der Waals surface area contributed by atoms with Gasteiger partial charge in [0.05, 0.1) is 5.92 Å². The highest BCUT2D eigenvalue weighted by molar-refractivity contribution is 7.11. The van der Waals surface area contributed by atoms with Crippen LogP contribution >= 0.6 is 22.7 Å². The smallest absolute Gasteiger partial charge is 0.101 e. The molecule has 9 atom stereocenters. The molecule has 6 rings (SSSR count). The van der Waals surface area contributed by atoms with Crippen LogP contribution in [0.15, 0.2) is 23.0 Å². The van der Waals surface area contributed by atoms with Crippen LogP contribution in [0.4, 0.5) is 0 Å². The maximum absolute atomic E-state index is 4.97. The van der Waals surface area contributed by atoms with E-state index in [0.29, 0.717) is 16.7 Å². The van der Waals surface area contributed by atoms with E-state index in [1.807, 2.05) is 22.7 Å². The molecule has 0 bridgehead atoms. The first-order valence-corrected chi connectivity index (χ1v) is 16.6. The lowest BCUT2D eigenvalue weighted by atomic mass is 9.42. The minimum absolute atomic E-state index is 0.376. The molecule has 0 amide bonds. The van der Waals surface area contributed by atoms with Crippen LogP contribution in [0.25, 0.3) is 0 Å². The van der Waals surface area contributed by atoms with Crippen LogP contribution in [0.1, 0.15) is 114 Å². The highest BCUT2D eigenvalue weighted by Gasteiger charge is 2.63. The monoisotopic (exact) mass is 509 g/mol. The average Bonchev–Trinajstić information content (AvgIpc) is 3.56. The van der Waals surface area contributed by atoms with Crippen molar-refractivity contribution < 1.29 is 0 Å². The maximum Gasteiger partial charge on any atom is 0.101 e. The van der Waals surface area contributed by atoms with Crippen molar-refractivity contribution in [2.75, 3.05) is 0 Å². The van der Waals surface area contributed by atoms with Crippen molar-refractivity contribution in [3.05, 3.63) is 38.5 Å². The van der Waals surface area contributed by atoms with E-state index in [1.165, 1.54) is 69.2 Å². The predicted molar refractivity (Wildman–Crippen MR) is 151 cm³/mol. The Morgan fingerprint density at radius 3 is 2.60 bits per heavy atom. The Bertz CT molecular complexity index is 1010. The molecule has 1 nitrogen and oxygen atoms in total. The molecule has 4 aliphatic carbocycles. The molecule has 3 fully saturated rings. The summed E-state index contributed by atoms with van der Waals surface area (Å²) in [4.78, 5) is 6.64. The van der Waals surface area contributed by atoms with Gasteiger partial charge in [-0.1, -0.05) is 53.9 Å². The molecule has 0 aromatic carbocycles. The van der Waals surface area contributed by atoms with Gasteiger partial charge in [0.25, 0.3) is 0 Å². The molecule has 0 radical (unpaired) electrons. The summed E-state index contributed by atoms with van der Waals surface area (Å²) in [6, 6.07) is 2.44. The summed E-state index contributed by atoms with van der Waals surface area (Å²) in [5.74, 6) is 6.83. The molecule has 192 valence electrons. The van der Waals surface area contributed by atoms with Gasteiger partial charge in [0.2, 0.25) is 0 Å². The van der Waals surface area contributed by atoms with E-state index in [9.17, 15) is 0 Å². The molecule has 0 aliphatic heterocycles. The van der Waals surface area contributed by atoms with Crippen LogP contribution in [0.2, 0.25) is 0 Å². The van der Waals surface area contributed by atoms with E-state index >= 15 is 0 Å². The number of thiophene rings is 1. The minimum atomic E-state index is 0.376. The zero-order valence-corrected chi connectivity index (χ0v) is 24.4. The molecule has 35 heavy (non-hydrogen) atoms. The normalized spacial score (nSPS) is 41.2. The van der Waals surface area contributed by atoms with E-state index in [1.54, 1.807) is 10.4 Å². The number of hydrogen-bond donors (Lipinski definition) is 0. The summed E-state index contributed by atoms with van der Waals surface area (Å²) in [6.45, 7) is 12.9. The number of thiazole rings is 1. The summed E-state index contributed by atoms with van der Waals surface area (Å²) in [7, 11) is 0. The first-order valence-electron chi connectivity index (χ1n) is 14.8. The molecule has 2 unspecified atom stereocenters. The Kier molecular flexibility index (Phi) is 6.52. The van der Waals surface area contributed by atoms with Crippen LogP contribution in [0.5, 0.6) is 0 Å². The molecule has 0 spiro atoms. The SMILES string of the molecule is CC(C)CCC[C@@H](C)[C@H]1CC[C@H]2[C@@H]3CCC4Cc5ccsc5C(c5nccs5)[C@]4(C)[C@H]3CC[C@]12C. The zero-order chi connectivity index (χ0) is 24.4. The van der Waals surface area contributed by atoms with Crippen molar-refractivity contribution in [3.8, 4) is 0 Å². The molecule has 2 aromatic rings. The second-order valence-corrected chi connectivity index (χ2v) is 15.7. The van der Waals surface area contributed by atoms with Crippen LogP contribution in [-0.2, 0) is 6.42 Å². The van der Waals surface area contributed by atoms with Gasteiger partial charge in [-0.05, 0) is 114 Å². The van der Waals surface area contributed by atoms with Crippen molar-refractivity contribution in [2.45, 2.75) is 105 Å². The van der Waals surface area contributed by atoms with Crippen molar-refractivity contribution in [2.24, 2.45) is 52.3 Å². The Morgan fingerprint density at radius 2 is 1.83 bits per heavy atom. The Hall–Kier alpha value is -0.670. The highest BCUT2D eigenvalue weighted by atomic mass is 32.1. The Morgan fingerprint density at radius 1 is 0.971 bits per heavy atom. The van der Waals surface area contributed by atoms with Gasteiger partial charge in [0, 0.05) is 16.5 Å². The second-order valence-electron chi connectivity index (χ2n) is 13.9. The molecule has 2 aromatic heterocycles. The maximum atomic E-state index is 4.97. The fraction of sp³-hybridized carbons (Fsp3) is 0.781. The summed E-state index contributed by atoms with van der Waals surface area (Å²) in [5, 5.41) is 5.98. The lowest BCUT2D eigenvalue weighted by Crippen LogP contribution is -2.56. The van der Waals surface area contributed by atoms with Gasteiger partial charge in [-0.15, -0.1) is 22.7 Å². The van der Waals surface area contributed by atoms with Gasteiger partial charge in [-0.2, -0.15) is 0 Å². The lowest BCUT2D eigenvalue weighted by molar-refractivity contribution is -0.110. The van der Waals surface area contributed by atoms with Crippen LogP contribution in [-0.4, -0.2) is 4.98 Å². The van der Waals surface area contributed by atoms with Gasteiger partial charge >= 0.3 is 0 Å². The standard InChI is InChI=1S/C32H47NS2/c1-20(2)7-6-8-21(3)25-11-12-26-24-10-9-23-19-22-14-17-34-29(22)28(30-33-16-18-35-30)32(23,5)27(24)13-15-31(25,26)4/h14,16-18,20-21,23-28H,6-13,15,19H2,1-5H3/t21-,23?,24+,25-,26+,27+,28?,31-,32+/m1/s1. The van der Waals surface area contributed by atoms with E-state index in [2.05, 4.69) is 57.6 Å². The Labute approximate surface area is 222 Å². The van der Waals surface area contributed by atoms with Crippen LogP contribution in [0.3, 0.4) is 0 Å². The van der Waals surface area contributed by atoms with Gasteiger partial charge in [0.15, 0.2) is 0 Å². The predicted octanol–water partition coefficient (Wildman–Crippen LogP) is 9.83. The number of aromatic nitrogens is 1. The van der Waals surface area contributed by atoms with E-state index in [4.69, 9.17) is 4.98 Å². The molecule has 3 saturated carbocycles. The van der Waals surface area contributed by atoms with Gasteiger partial charge < -0.3 is 0 Å². The van der Waals surface area contributed by atoms with E-state index in [0.717, 1.165) is 41.4 Å². The molecule has 3 heteroatoms. The summed E-state index contributed by atoms with van der Waals surface area (Å²) in [6.07, 6.45) is 16.5. The van der Waals surface area contributed by atoms with E-state index < -0.39 is 0 Å². The van der Waals surface area contributed by atoms with Gasteiger partial charge in [-0.25, -0.2) is 4.98 Å². The summed E-state index contributed by atoms with van der Waals surface area (Å²) in [5.41, 5.74) is 2.61. The van der Waals surface area contributed by atoms with Crippen LogP contribution < -0.4 is 0 Å². The molecule has 4 aliphatic rings. The number of hydrogen-bond acceptors (Lipinski definition) is 3. The molecule has 0 saturated heterocycles. The topological polar surface area (TPSA) is 12.9 Å². The van der Waals surface area contributed by atoms with Crippen molar-refractivity contribution in [1.82, 2.24) is 4.98 Å². The van der Waals surface area contributed by atoms with E-state index in [-0.39, 0.29) is 0 Å². The Balaban J connectivity index is 1.29. The van der Waals surface area contributed by atoms with Crippen LogP contribution in [0, 0.1) is 52.3 Å². The first kappa shape index (κ1) is 24.7. The number of rotatable bonds is 6. The van der Waals surface area contributed by atoms with Crippen molar-refractivity contribution in [3.63, 3.8) is 0 Å².